The highest BCUT2D eigenvalue weighted by Gasteiger charge is 2.15. The molecule has 1 heterocycles. The first-order valence-corrected chi connectivity index (χ1v) is 9.06. The molecular formula is C20H22ClN3O2. The van der Waals surface area contributed by atoms with Crippen molar-refractivity contribution in [3.63, 3.8) is 0 Å². The fraction of sp³-hybridized carbons (Fsp3) is 0.300. The molecule has 0 N–H and O–H groups in total. The third-order valence-electron chi connectivity index (χ3n) is 4.58. The quantitative estimate of drug-likeness (QED) is 0.665. The summed E-state index contributed by atoms with van der Waals surface area (Å²) in [6.07, 6.45) is 0.262. The number of benzene rings is 2. The average Bonchev–Trinajstić information content (AvgIpc) is 2.92. The van der Waals surface area contributed by atoms with E-state index in [4.69, 9.17) is 11.6 Å². The zero-order valence-corrected chi connectivity index (χ0v) is 15.7. The Labute approximate surface area is 157 Å². The number of carbonyl (C=O) groups is 1. The molecule has 0 saturated heterocycles. The lowest BCUT2D eigenvalue weighted by Gasteiger charge is -2.18. The summed E-state index contributed by atoms with van der Waals surface area (Å²) in [5.74, 6) is -0.0230. The summed E-state index contributed by atoms with van der Waals surface area (Å²) in [5, 5.41) is 0.648. The Morgan fingerprint density at radius 1 is 1.04 bits per heavy atom. The van der Waals surface area contributed by atoms with E-state index in [1.165, 1.54) is 0 Å². The highest BCUT2D eigenvalue weighted by Crippen LogP contribution is 2.17. The molecule has 3 aromatic rings. The van der Waals surface area contributed by atoms with Crippen LogP contribution < -0.4 is 5.69 Å². The van der Waals surface area contributed by atoms with Crippen LogP contribution in [0.15, 0.2) is 53.3 Å². The van der Waals surface area contributed by atoms with E-state index in [0.717, 1.165) is 16.6 Å². The number of fused-ring (bicyclic) bond motifs is 1. The van der Waals surface area contributed by atoms with E-state index in [0.29, 0.717) is 24.7 Å². The lowest BCUT2D eigenvalue weighted by Crippen LogP contribution is -2.29. The maximum atomic E-state index is 12.6. The summed E-state index contributed by atoms with van der Waals surface area (Å²) >= 11 is 6.16. The second-order valence-electron chi connectivity index (χ2n) is 6.26. The lowest BCUT2D eigenvalue weighted by atomic mass is 10.2. The van der Waals surface area contributed by atoms with Gasteiger partial charge in [-0.25, -0.2) is 4.79 Å². The Hall–Kier alpha value is -2.53. The number of hydrogen-bond acceptors (Lipinski definition) is 2. The molecule has 0 aliphatic heterocycles. The number of aryl methyl sites for hydroxylation is 2. The maximum Gasteiger partial charge on any atom is 0.329 e. The van der Waals surface area contributed by atoms with Gasteiger partial charge in [-0.2, -0.15) is 0 Å². The molecule has 6 heteroatoms. The summed E-state index contributed by atoms with van der Waals surface area (Å²) in [7, 11) is 1.75. The maximum absolute atomic E-state index is 12.6. The number of aromatic nitrogens is 2. The van der Waals surface area contributed by atoms with Gasteiger partial charge in [-0.3, -0.25) is 13.9 Å². The SMILES string of the molecule is CCn1c(=O)n(CCC(=O)N(C)Cc2ccccc2Cl)c2ccccc21. The third kappa shape index (κ3) is 3.53. The average molecular weight is 372 g/mol. The summed E-state index contributed by atoms with van der Waals surface area (Å²) in [4.78, 5) is 26.8. The van der Waals surface area contributed by atoms with Gasteiger partial charge in [-0.15, -0.1) is 0 Å². The molecule has 0 atom stereocenters. The predicted molar refractivity (Wildman–Crippen MR) is 104 cm³/mol. The van der Waals surface area contributed by atoms with Gasteiger partial charge < -0.3 is 4.90 Å². The molecule has 1 amide bonds. The Bertz CT molecular complexity index is 990. The van der Waals surface area contributed by atoms with Crippen LogP contribution in [-0.2, 0) is 24.4 Å². The first-order valence-electron chi connectivity index (χ1n) is 8.68. The zero-order chi connectivity index (χ0) is 18.7. The molecule has 3 rings (SSSR count). The minimum atomic E-state index is -0.0738. The van der Waals surface area contributed by atoms with Crippen molar-refractivity contribution in [2.75, 3.05) is 7.05 Å². The third-order valence-corrected chi connectivity index (χ3v) is 4.95. The van der Waals surface area contributed by atoms with Gasteiger partial charge in [-0.1, -0.05) is 41.9 Å². The van der Waals surface area contributed by atoms with Crippen LogP contribution in [0.1, 0.15) is 18.9 Å². The Morgan fingerprint density at radius 3 is 2.31 bits per heavy atom. The number of halogens is 1. The van der Waals surface area contributed by atoms with Gasteiger partial charge in [0.05, 0.1) is 11.0 Å². The Kier molecular flexibility index (Phi) is 5.47. The smallest absolute Gasteiger partial charge is 0.329 e. The molecule has 2 aromatic carbocycles. The second kappa shape index (κ2) is 7.79. The fourth-order valence-electron chi connectivity index (χ4n) is 3.16. The summed E-state index contributed by atoms with van der Waals surface area (Å²) in [6.45, 7) is 3.36. The highest BCUT2D eigenvalue weighted by molar-refractivity contribution is 6.31. The van der Waals surface area contributed by atoms with Crippen LogP contribution in [-0.4, -0.2) is 27.0 Å². The Balaban J connectivity index is 1.74. The van der Waals surface area contributed by atoms with Gasteiger partial charge in [0.15, 0.2) is 0 Å². The number of rotatable bonds is 6. The van der Waals surface area contributed by atoms with E-state index in [1.54, 1.807) is 21.1 Å². The van der Waals surface area contributed by atoms with E-state index < -0.39 is 0 Å². The number of para-hydroxylation sites is 2. The van der Waals surface area contributed by atoms with Crippen molar-refractivity contribution in [1.29, 1.82) is 0 Å². The predicted octanol–water partition coefficient (Wildman–Crippen LogP) is 3.53. The van der Waals surface area contributed by atoms with Crippen molar-refractivity contribution in [1.82, 2.24) is 14.0 Å². The molecule has 0 spiro atoms. The fourth-order valence-corrected chi connectivity index (χ4v) is 3.36. The van der Waals surface area contributed by atoms with Crippen LogP contribution in [0, 0.1) is 0 Å². The first kappa shape index (κ1) is 18.3. The van der Waals surface area contributed by atoms with E-state index in [2.05, 4.69) is 0 Å². The molecule has 0 aliphatic rings. The van der Waals surface area contributed by atoms with E-state index in [1.807, 2.05) is 55.5 Å². The van der Waals surface area contributed by atoms with Crippen molar-refractivity contribution in [3.8, 4) is 0 Å². The molecule has 0 fully saturated rings. The van der Waals surface area contributed by atoms with Crippen LogP contribution in [0.5, 0.6) is 0 Å². The second-order valence-corrected chi connectivity index (χ2v) is 6.67. The van der Waals surface area contributed by atoms with Crippen molar-refractivity contribution in [3.05, 3.63) is 69.6 Å². The largest absolute Gasteiger partial charge is 0.341 e. The monoisotopic (exact) mass is 371 g/mol. The first-order chi connectivity index (χ1) is 12.5. The molecule has 5 nitrogen and oxygen atoms in total. The number of carbonyl (C=O) groups excluding carboxylic acids is 1. The topological polar surface area (TPSA) is 47.2 Å². The van der Waals surface area contributed by atoms with Gasteiger partial charge in [0, 0.05) is 38.1 Å². The number of nitrogens with zero attached hydrogens (tertiary/aromatic N) is 3. The molecule has 0 saturated carbocycles. The van der Waals surface area contributed by atoms with Crippen molar-refractivity contribution in [2.45, 2.75) is 33.0 Å². The zero-order valence-electron chi connectivity index (χ0n) is 15.0. The van der Waals surface area contributed by atoms with Gasteiger partial charge in [0.2, 0.25) is 5.91 Å². The normalized spacial score (nSPS) is 11.0. The van der Waals surface area contributed by atoms with Crippen LogP contribution in [0.4, 0.5) is 0 Å². The van der Waals surface area contributed by atoms with Gasteiger partial charge in [0.25, 0.3) is 0 Å². The van der Waals surface area contributed by atoms with Crippen molar-refractivity contribution < 1.29 is 4.79 Å². The van der Waals surface area contributed by atoms with E-state index >= 15 is 0 Å². The molecule has 0 aliphatic carbocycles. The van der Waals surface area contributed by atoms with Gasteiger partial charge >= 0.3 is 5.69 Å². The number of amides is 1. The lowest BCUT2D eigenvalue weighted by molar-refractivity contribution is -0.130. The van der Waals surface area contributed by atoms with E-state index in [-0.39, 0.29) is 18.0 Å². The van der Waals surface area contributed by atoms with Crippen LogP contribution in [0.25, 0.3) is 11.0 Å². The highest BCUT2D eigenvalue weighted by atomic mass is 35.5. The number of imidazole rings is 1. The number of hydrogen-bond donors (Lipinski definition) is 0. The molecule has 0 unspecified atom stereocenters. The Morgan fingerprint density at radius 2 is 1.65 bits per heavy atom. The van der Waals surface area contributed by atoms with Gasteiger partial charge in [0.1, 0.15) is 0 Å². The van der Waals surface area contributed by atoms with Crippen LogP contribution in [0.2, 0.25) is 5.02 Å². The van der Waals surface area contributed by atoms with Crippen LogP contribution in [0.3, 0.4) is 0 Å². The molecule has 1 aromatic heterocycles. The molecule has 136 valence electrons. The summed E-state index contributed by atoms with van der Waals surface area (Å²) in [6, 6.07) is 15.2. The standard InChI is InChI=1S/C20H22ClN3O2/c1-3-23-17-10-6-7-11-18(17)24(20(23)26)13-12-19(25)22(2)14-15-8-4-5-9-16(15)21/h4-11H,3,12-14H2,1-2H3. The summed E-state index contributed by atoms with van der Waals surface area (Å²) in [5.41, 5.74) is 2.60. The molecule has 26 heavy (non-hydrogen) atoms. The minimum absolute atomic E-state index is 0.0230. The summed E-state index contributed by atoms with van der Waals surface area (Å²) < 4.78 is 3.41. The van der Waals surface area contributed by atoms with Crippen molar-refractivity contribution in [2.24, 2.45) is 0 Å². The van der Waals surface area contributed by atoms with Crippen LogP contribution >= 0.6 is 11.6 Å². The molecular weight excluding hydrogens is 350 g/mol. The molecule has 0 bridgehead atoms. The van der Waals surface area contributed by atoms with Crippen molar-refractivity contribution >= 4 is 28.5 Å². The minimum Gasteiger partial charge on any atom is -0.341 e. The van der Waals surface area contributed by atoms with E-state index in [9.17, 15) is 9.59 Å². The molecule has 0 radical (unpaired) electrons. The van der Waals surface area contributed by atoms with Gasteiger partial charge in [-0.05, 0) is 30.7 Å².